The molecule has 0 unspecified atom stereocenters. The fraction of sp³-hybridized carbons (Fsp3) is 0.304. The van der Waals surface area contributed by atoms with Crippen molar-refractivity contribution < 1.29 is 14.7 Å². The minimum absolute atomic E-state index is 0.0829. The van der Waals surface area contributed by atoms with Crippen molar-refractivity contribution in [2.24, 2.45) is 5.92 Å². The summed E-state index contributed by atoms with van der Waals surface area (Å²) >= 11 is 0. The molecule has 3 rings (SSSR count). The lowest BCUT2D eigenvalue weighted by molar-refractivity contribution is -0.131. The van der Waals surface area contributed by atoms with Crippen LogP contribution in [0.2, 0.25) is 0 Å². The molecule has 2 aromatic rings. The molecule has 0 saturated carbocycles. The molecule has 5 nitrogen and oxygen atoms in total. The predicted molar refractivity (Wildman–Crippen MR) is 110 cm³/mol. The van der Waals surface area contributed by atoms with E-state index in [2.05, 4.69) is 34.5 Å². The summed E-state index contributed by atoms with van der Waals surface area (Å²) in [4.78, 5) is 25.3. The molecule has 0 radical (unpaired) electrons. The molecule has 0 aromatic heterocycles. The summed E-state index contributed by atoms with van der Waals surface area (Å²) in [6.07, 6.45) is 4.77. The van der Waals surface area contributed by atoms with E-state index in [1.165, 1.54) is 11.6 Å². The summed E-state index contributed by atoms with van der Waals surface area (Å²) < 4.78 is 0. The number of likely N-dealkylation sites (tertiary alicyclic amines) is 1. The van der Waals surface area contributed by atoms with Crippen LogP contribution in [0.4, 0.5) is 0 Å². The molecule has 1 heterocycles. The number of nitrogens with one attached hydrogen (secondary N) is 1. The van der Waals surface area contributed by atoms with Crippen LogP contribution in [0.15, 0.2) is 60.7 Å². The highest BCUT2D eigenvalue weighted by Gasteiger charge is 2.20. The molecule has 1 fully saturated rings. The largest absolute Gasteiger partial charge is 0.478 e. The number of nitrogens with zero attached hydrogens (tertiary/aromatic N) is 1. The van der Waals surface area contributed by atoms with E-state index in [4.69, 9.17) is 5.11 Å². The van der Waals surface area contributed by atoms with Crippen molar-refractivity contribution >= 4 is 18.0 Å². The van der Waals surface area contributed by atoms with Crippen LogP contribution in [0.5, 0.6) is 0 Å². The molecule has 1 amide bonds. The van der Waals surface area contributed by atoms with Gasteiger partial charge in [-0.2, -0.15) is 0 Å². The third-order valence-electron chi connectivity index (χ3n) is 5.10. The molecule has 0 aliphatic carbocycles. The molecule has 1 saturated heterocycles. The molecule has 2 N–H and O–H groups in total. The molecule has 146 valence electrons. The summed E-state index contributed by atoms with van der Waals surface area (Å²) in [5.41, 5.74) is 2.69. The lowest BCUT2D eigenvalue weighted by Crippen LogP contribution is -2.38. The van der Waals surface area contributed by atoms with E-state index in [0.29, 0.717) is 18.0 Å². The lowest BCUT2D eigenvalue weighted by Gasteiger charge is -2.32. The fourth-order valence-corrected chi connectivity index (χ4v) is 3.44. The fourth-order valence-electron chi connectivity index (χ4n) is 3.44. The molecule has 28 heavy (non-hydrogen) atoms. The molecule has 0 atom stereocenters. The SMILES string of the molecule is O=C(O)/C=C/c1ccc(C(=O)NCC2CCN(Cc3ccccc3)CC2)cc1. The van der Waals surface area contributed by atoms with Crippen molar-refractivity contribution in [2.75, 3.05) is 19.6 Å². The maximum absolute atomic E-state index is 12.3. The van der Waals surface area contributed by atoms with Crippen LogP contribution < -0.4 is 5.32 Å². The number of benzene rings is 2. The van der Waals surface area contributed by atoms with Gasteiger partial charge in [0.25, 0.3) is 5.91 Å². The minimum atomic E-state index is -0.989. The normalized spacial score (nSPS) is 15.6. The number of amides is 1. The number of rotatable bonds is 7. The van der Waals surface area contributed by atoms with Crippen molar-refractivity contribution in [1.29, 1.82) is 0 Å². The van der Waals surface area contributed by atoms with E-state index in [1.54, 1.807) is 24.3 Å². The van der Waals surface area contributed by atoms with Crippen molar-refractivity contribution in [3.8, 4) is 0 Å². The van der Waals surface area contributed by atoms with Crippen LogP contribution in [-0.4, -0.2) is 41.5 Å². The van der Waals surface area contributed by atoms with Gasteiger partial charge in [-0.1, -0.05) is 42.5 Å². The second kappa shape index (κ2) is 9.85. The summed E-state index contributed by atoms with van der Waals surface area (Å²) in [5.74, 6) is -0.564. The van der Waals surface area contributed by atoms with Gasteiger partial charge in [0, 0.05) is 24.7 Å². The molecular formula is C23H26N2O3. The standard InChI is InChI=1S/C23H26N2O3/c26-22(27)11-8-18-6-9-21(10-7-18)23(28)24-16-19-12-14-25(15-13-19)17-20-4-2-1-3-5-20/h1-11,19H,12-17H2,(H,24,28)(H,26,27)/b11-8+. The number of hydrogen-bond donors (Lipinski definition) is 2. The van der Waals surface area contributed by atoms with Gasteiger partial charge in [-0.15, -0.1) is 0 Å². The number of carboxylic acids is 1. The number of hydrogen-bond acceptors (Lipinski definition) is 3. The Hall–Kier alpha value is -2.92. The smallest absolute Gasteiger partial charge is 0.328 e. The Balaban J connectivity index is 1.41. The van der Waals surface area contributed by atoms with Gasteiger partial charge < -0.3 is 10.4 Å². The predicted octanol–water partition coefficient (Wildman–Crippen LogP) is 3.43. The Kier molecular flexibility index (Phi) is 6.98. The topological polar surface area (TPSA) is 69.6 Å². The third-order valence-corrected chi connectivity index (χ3v) is 5.10. The van der Waals surface area contributed by atoms with Crippen molar-refractivity contribution in [3.05, 3.63) is 77.4 Å². The molecule has 0 spiro atoms. The van der Waals surface area contributed by atoms with Crippen LogP contribution >= 0.6 is 0 Å². The van der Waals surface area contributed by atoms with Crippen LogP contribution in [0, 0.1) is 5.92 Å². The zero-order valence-corrected chi connectivity index (χ0v) is 15.9. The first-order valence-corrected chi connectivity index (χ1v) is 9.66. The number of aliphatic carboxylic acids is 1. The quantitative estimate of drug-likeness (QED) is 0.725. The van der Waals surface area contributed by atoms with Crippen LogP contribution in [0.3, 0.4) is 0 Å². The van der Waals surface area contributed by atoms with Gasteiger partial charge in [-0.05, 0) is 61.2 Å². The zero-order valence-electron chi connectivity index (χ0n) is 15.9. The number of carboxylic acid groups (broad SMARTS) is 1. The highest BCUT2D eigenvalue weighted by Crippen LogP contribution is 2.18. The number of piperidine rings is 1. The van der Waals surface area contributed by atoms with Gasteiger partial charge in [-0.25, -0.2) is 4.79 Å². The van der Waals surface area contributed by atoms with E-state index in [9.17, 15) is 9.59 Å². The average molecular weight is 378 g/mol. The molecule has 0 bridgehead atoms. The summed E-state index contributed by atoms with van der Waals surface area (Å²) in [6, 6.07) is 17.5. The average Bonchev–Trinajstić information content (AvgIpc) is 2.72. The first kappa shape index (κ1) is 19.8. The Labute approximate surface area is 165 Å². The lowest BCUT2D eigenvalue weighted by atomic mass is 9.96. The van der Waals surface area contributed by atoms with E-state index in [-0.39, 0.29) is 5.91 Å². The summed E-state index contributed by atoms with van der Waals surface area (Å²) in [7, 11) is 0. The molecule has 1 aliphatic rings. The number of carbonyl (C=O) groups is 2. The van der Waals surface area contributed by atoms with Gasteiger partial charge in [0.1, 0.15) is 0 Å². The maximum atomic E-state index is 12.3. The molecular weight excluding hydrogens is 352 g/mol. The molecule has 1 aliphatic heterocycles. The Morgan fingerprint density at radius 2 is 1.71 bits per heavy atom. The van der Waals surface area contributed by atoms with Gasteiger partial charge in [0.15, 0.2) is 0 Å². The molecule has 2 aromatic carbocycles. The van der Waals surface area contributed by atoms with Gasteiger partial charge >= 0.3 is 5.97 Å². The summed E-state index contributed by atoms with van der Waals surface area (Å²) in [6.45, 7) is 3.79. The highest BCUT2D eigenvalue weighted by molar-refractivity contribution is 5.94. The second-order valence-corrected chi connectivity index (χ2v) is 7.21. The summed E-state index contributed by atoms with van der Waals surface area (Å²) in [5, 5.41) is 11.7. The maximum Gasteiger partial charge on any atom is 0.328 e. The van der Waals surface area contributed by atoms with Crippen LogP contribution in [0.1, 0.15) is 34.3 Å². The monoisotopic (exact) mass is 378 g/mol. The van der Waals surface area contributed by atoms with Gasteiger partial charge in [0.05, 0.1) is 0 Å². The van der Waals surface area contributed by atoms with E-state index < -0.39 is 5.97 Å². The first-order valence-electron chi connectivity index (χ1n) is 9.66. The van der Waals surface area contributed by atoms with Gasteiger partial charge in [0.2, 0.25) is 0 Å². The van der Waals surface area contributed by atoms with E-state index in [0.717, 1.165) is 44.1 Å². The second-order valence-electron chi connectivity index (χ2n) is 7.21. The van der Waals surface area contributed by atoms with Crippen molar-refractivity contribution in [3.63, 3.8) is 0 Å². The Bertz CT molecular complexity index is 808. The minimum Gasteiger partial charge on any atom is -0.478 e. The van der Waals surface area contributed by atoms with Gasteiger partial charge in [-0.3, -0.25) is 9.69 Å². The van der Waals surface area contributed by atoms with E-state index in [1.807, 2.05) is 6.07 Å². The third kappa shape index (κ3) is 6.06. The Morgan fingerprint density at radius 1 is 1.04 bits per heavy atom. The van der Waals surface area contributed by atoms with E-state index >= 15 is 0 Å². The van der Waals surface area contributed by atoms with Crippen LogP contribution in [-0.2, 0) is 11.3 Å². The van der Waals surface area contributed by atoms with Crippen LogP contribution in [0.25, 0.3) is 6.08 Å². The molecule has 5 heteroatoms. The number of carbonyl (C=O) groups excluding carboxylic acids is 1. The highest BCUT2D eigenvalue weighted by atomic mass is 16.4. The first-order chi connectivity index (χ1) is 13.6. The van der Waals surface area contributed by atoms with Crippen molar-refractivity contribution in [2.45, 2.75) is 19.4 Å². The Morgan fingerprint density at radius 3 is 2.36 bits per heavy atom. The zero-order chi connectivity index (χ0) is 19.8. The van der Waals surface area contributed by atoms with Crippen molar-refractivity contribution in [1.82, 2.24) is 10.2 Å².